The minimum Gasteiger partial charge on any atom is -0.325 e. The summed E-state index contributed by atoms with van der Waals surface area (Å²) in [5.41, 5.74) is 3.13. The van der Waals surface area contributed by atoms with E-state index < -0.39 is 0 Å². The van der Waals surface area contributed by atoms with E-state index in [1.165, 1.54) is 17.3 Å². The molecule has 7 heteroatoms. The van der Waals surface area contributed by atoms with Crippen molar-refractivity contribution >= 4 is 35.0 Å². The maximum Gasteiger partial charge on any atom is 0.234 e. The molecule has 2 aromatic carbocycles. The van der Waals surface area contributed by atoms with Crippen LogP contribution in [-0.4, -0.2) is 26.4 Å². The van der Waals surface area contributed by atoms with E-state index in [0.29, 0.717) is 23.1 Å². The zero-order valence-electron chi connectivity index (χ0n) is 16.3. The molecule has 3 aromatic rings. The van der Waals surface area contributed by atoms with Crippen molar-refractivity contribution < 1.29 is 4.79 Å². The Balaban J connectivity index is 1.63. The van der Waals surface area contributed by atoms with Crippen molar-refractivity contribution in [3.05, 3.63) is 83.2 Å². The van der Waals surface area contributed by atoms with Crippen LogP contribution in [0.2, 0.25) is 5.02 Å². The SMILES string of the molecule is C=CCn1c(Cc2ccc(Cl)cc2)nnc1SCC(=O)Nc1ccc(CC)cc1. The molecule has 5 nitrogen and oxygen atoms in total. The monoisotopic (exact) mass is 426 g/mol. The highest BCUT2D eigenvalue weighted by atomic mass is 35.5. The molecular formula is C22H23ClN4OS. The van der Waals surface area contributed by atoms with Gasteiger partial charge in [0.1, 0.15) is 5.82 Å². The third-order valence-corrected chi connectivity index (χ3v) is 5.58. The minimum atomic E-state index is -0.0772. The number of halogens is 1. The predicted molar refractivity (Wildman–Crippen MR) is 120 cm³/mol. The second kappa shape index (κ2) is 10.3. The van der Waals surface area contributed by atoms with Crippen LogP contribution >= 0.6 is 23.4 Å². The Kier molecular flexibility index (Phi) is 7.49. The number of anilines is 1. The van der Waals surface area contributed by atoms with Gasteiger partial charge in [0.2, 0.25) is 5.91 Å². The van der Waals surface area contributed by atoms with Crippen molar-refractivity contribution in [2.45, 2.75) is 31.5 Å². The molecule has 1 N–H and O–H groups in total. The van der Waals surface area contributed by atoms with Gasteiger partial charge in [-0.3, -0.25) is 4.79 Å². The molecule has 29 heavy (non-hydrogen) atoms. The van der Waals surface area contributed by atoms with Crippen LogP contribution < -0.4 is 5.32 Å². The number of carbonyl (C=O) groups excluding carboxylic acids is 1. The van der Waals surface area contributed by atoms with E-state index in [4.69, 9.17) is 11.6 Å². The molecule has 0 fully saturated rings. The summed E-state index contributed by atoms with van der Waals surface area (Å²) in [7, 11) is 0. The number of thioether (sulfide) groups is 1. The summed E-state index contributed by atoms with van der Waals surface area (Å²) in [5, 5.41) is 12.9. The summed E-state index contributed by atoms with van der Waals surface area (Å²) < 4.78 is 1.98. The lowest BCUT2D eigenvalue weighted by Gasteiger charge is -2.09. The molecule has 3 rings (SSSR count). The Morgan fingerprint density at radius 3 is 2.48 bits per heavy atom. The smallest absolute Gasteiger partial charge is 0.234 e. The molecule has 0 saturated carbocycles. The summed E-state index contributed by atoms with van der Waals surface area (Å²) in [5.74, 6) is 1.00. The minimum absolute atomic E-state index is 0.0772. The molecule has 0 spiro atoms. The first-order valence-corrected chi connectivity index (χ1v) is 10.7. The Bertz CT molecular complexity index is 967. The molecule has 0 atom stereocenters. The lowest BCUT2D eigenvalue weighted by Crippen LogP contribution is -2.14. The fourth-order valence-electron chi connectivity index (χ4n) is 2.80. The zero-order valence-corrected chi connectivity index (χ0v) is 17.8. The van der Waals surface area contributed by atoms with Gasteiger partial charge in [-0.05, 0) is 41.8 Å². The number of nitrogens with one attached hydrogen (secondary N) is 1. The average Bonchev–Trinajstić information content (AvgIpc) is 3.10. The predicted octanol–water partition coefficient (Wildman–Crippen LogP) is 5.00. The normalized spacial score (nSPS) is 10.7. The van der Waals surface area contributed by atoms with Crippen molar-refractivity contribution in [3.8, 4) is 0 Å². The van der Waals surface area contributed by atoms with Crippen LogP contribution in [0.3, 0.4) is 0 Å². The number of allylic oxidation sites excluding steroid dienone is 1. The number of carbonyl (C=O) groups is 1. The van der Waals surface area contributed by atoms with E-state index >= 15 is 0 Å². The summed E-state index contributed by atoms with van der Waals surface area (Å²) in [6.07, 6.45) is 3.41. The third-order valence-electron chi connectivity index (χ3n) is 4.36. The first-order chi connectivity index (χ1) is 14.1. The van der Waals surface area contributed by atoms with Crippen molar-refractivity contribution in [2.24, 2.45) is 0 Å². The van der Waals surface area contributed by atoms with Gasteiger partial charge in [0.05, 0.1) is 5.75 Å². The zero-order chi connectivity index (χ0) is 20.6. The molecule has 0 aliphatic heterocycles. The highest BCUT2D eigenvalue weighted by molar-refractivity contribution is 7.99. The van der Waals surface area contributed by atoms with Crippen molar-refractivity contribution in [3.63, 3.8) is 0 Å². The van der Waals surface area contributed by atoms with Crippen LogP contribution in [0.15, 0.2) is 66.3 Å². The molecule has 1 amide bonds. The quantitative estimate of drug-likeness (QED) is 0.386. The number of aromatic nitrogens is 3. The second-order valence-corrected chi connectivity index (χ2v) is 7.87. The van der Waals surface area contributed by atoms with Gasteiger partial charge in [0.15, 0.2) is 5.16 Å². The van der Waals surface area contributed by atoms with Crippen molar-refractivity contribution in [1.82, 2.24) is 14.8 Å². The molecular weight excluding hydrogens is 404 g/mol. The Hall–Kier alpha value is -2.57. The largest absolute Gasteiger partial charge is 0.325 e. The van der Waals surface area contributed by atoms with Crippen molar-refractivity contribution in [1.29, 1.82) is 0 Å². The number of hydrogen-bond donors (Lipinski definition) is 1. The van der Waals surface area contributed by atoms with Gasteiger partial charge in [-0.1, -0.05) is 60.6 Å². The molecule has 0 aliphatic carbocycles. The number of rotatable bonds is 9. The van der Waals surface area contributed by atoms with Crippen molar-refractivity contribution in [2.75, 3.05) is 11.1 Å². The fourth-order valence-corrected chi connectivity index (χ4v) is 3.70. The summed E-state index contributed by atoms with van der Waals surface area (Å²) in [6, 6.07) is 15.5. The lowest BCUT2D eigenvalue weighted by molar-refractivity contribution is -0.113. The van der Waals surface area contributed by atoms with Gasteiger partial charge in [-0.2, -0.15) is 0 Å². The van der Waals surface area contributed by atoms with Crippen LogP contribution in [-0.2, 0) is 24.2 Å². The van der Waals surface area contributed by atoms with Crippen LogP contribution in [0.5, 0.6) is 0 Å². The summed E-state index contributed by atoms with van der Waals surface area (Å²) in [6.45, 7) is 6.50. The standard InChI is InChI=1S/C22H23ClN4OS/c1-3-13-27-20(14-17-5-9-18(23)10-6-17)25-26-22(27)29-15-21(28)24-19-11-7-16(4-2)8-12-19/h3,5-12H,1,4,13-15H2,2H3,(H,24,28). The maximum absolute atomic E-state index is 12.3. The van der Waals surface area contributed by atoms with E-state index in [0.717, 1.165) is 23.5 Å². The molecule has 0 radical (unpaired) electrons. The highest BCUT2D eigenvalue weighted by Crippen LogP contribution is 2.20. The Morgan fingerprint density at radius 1 is 1.14 bits per heavy atom. The van der Waals surface area contributed by atoms with E-state index in [-0.39, 0.29) is 11.7 Å². The van der Waals surface area contributed by atoms with Gasteiger partial charge >= 0.3 is 0 Å². The third kappa shape index (κ3) is 5.95. The van der Waals surface area contributed by atoms with Crippen LogP contribution in [0.1, 0.15) is 23.9 Å². The summed E-state index contributed by atoms with van der Waals surface area (Å²) in [4.78, 5) is 12.3. The van der Waals surface area contributed by atoms with Gasteiger partial charge in [-0.25, -0.2) is 0 Å². The number of benzene rings is 2. The van der Waals surface area contributed by atoms with Crippen LogP contribution in [0, 0.1) is 0 Å². The first kappa shape index (κ1) is 21.1. The van der Waals surface area contributed by atoms with Gasteiger partial charge < -0.3 is 9.88 Å². The topological polar surface area (TPSA) is 59.8 Å². The number of aryl methyl sites for hydroxylation is 1. The molecule has 1 heterocycles. The van der Waals surface area contributed by atoms with E-state index in [1.807, 2.05) is 53.1 Å². The van der Waals surface area contributed by atoms with E-state index in [2.05, 4.69) is 29.0 Å². The maximum atomic E-state index is 12.3. The highest BCUT2D eigenvalue weighted by Gasteiger charge is 2.14. The van der Waals surface area contributed by atoms with Crippen LogP contribution in [0.4, 0.5) is 5.69 Å². The average molecular weight is 427 g/mol. The molecule has 0 unspecified atom stereocenters. The molecule has 150 valence electrons. The number of hydrogen-bond acceptors (Lipinski definition) is 4. The number of amides is 1. The number of nitrogens with zero attached hydrogens (tertiary/aromatic N) is 3. The van der Waals surface area contributed by atoms with Gasteiger partial charge in [0, 0.05) is 23.7 Å². The molecule has 0 saturated heterocycles. The van der Waals surface area contributed by atoms with E-state index in [9.17, 15) is 4.79 Å². The second-order valence-electron chi connectivity index (χ2n) is 6.49. The van der Waals surface area contributed by atoms with Gasteiger partial charge in [-0.15, -0.1) is 16.8 Å². The summed E-state index contributed by atoms with van der Waals surface area (Å²) >= 11 is 7.32. The molecule has 0 bridgehead atoms. The molecule has 1 aromatic heterocycles. The van der Waals surface area contributed by atoms with E-state index in [1.54, 1.807) is 6.08 Å². The van der Waals surface area contributed by atoms with Crippen LogP contribution in [0.25, 0.3) is 0 Å². The Labute approximate surface area is 180 Å². The first-order valence-electron chi connectivity index (χ1n) is 9.38. The van der Waals surface area contributed by atoms with Gasteiger partial charge in [0.25, 0.3) is 0 Å². The lowest BCUT2D eigenvalue weighted by atomic mass is 10.1. The Morgan fingerprint density at radius 2 is 1.83 bits per heavy atom. The molecule has 0 aliphatic rings. The fraction of sp³-hybridized carbons (Fsp3) is 0.227.